The fraction of sp³-hybridized carbons (Fsp3) is 0.115. The maximum Gasteiger partial charge on any atom is 0.270 e. The molecule has 2 amide bonds. The van der Waals surface area contributed by atoms with Gasteiger partial charge in [0.15, 0.2) is 10.9 Å². The molecule has 3 aromatic carbocycles. The largest absolute Gasteiger partial charge is 0.484 e. The van der Waals surface area contributed by atoms with Crippen LogP contribution in [0.25, 0.3) is 6.08 Å². The van der Waals surface area contributed by atoms with Crippen molar-refractivity contribution in [3.8, 4) is 5.75 Å². The highest BCUT2D eigenvalue weighted by atomic mass is 35.5. The Hall–Kier alpha value is -2.84. The number of hydrogen-bond donors (Lipinski definition) is 1. The van der Waals surface area contributed by atoms with Crippen molar-refractivity contribution in [2.75, 3.05) is 16.8 Å². The number of halogens is 2. The highest BCUT2D eigenvalue weighted by Gasteiger charge is 2.33. The number of nitrogens with zero attached hydrogens (tertiary/aromatic N) is 1. The number of carbonyl (C=O) groups is 2. The molecule has 5 nitrogen and oxygen atoms in total. The van der Waals surface area contributed by atoms with Gasteiger partial charge in [0.2, 0.25) is 0 Å². The van der Waals surface area contributed by atoms with E-state index in [1.54, 1.807) is 36.4 Å². The Balaban J connectivity index is 1.38. The average molecular weight is 543 g/mol. The summed E-state index contributed by atoms with van der Waals surface area (Å²) >= 11 is 18.7. The molecule has 9 heteroatoms. The predicted molar refractivity (Wildman–Crippen MR) is 149 cm³/mol. The van der Waals surface area contributed by atoms with Crippen molar-refractivity contribution in [1.82, 2.24) is 0 Å². The van der Waals surface area contributed by atoms with Crippen molar-refractivity contribution in [3.05, 3.63) is 92.8 Å². The van der Waals surface area contributed by atoms with Gasteiger partial charge in [0, 0.05) is 5.69 Å². The van der Waals surface area contributed by atoms with Crippen LogP contribution in [0.5, 0.6) is 5.75 Å². The van der Waals surface area contributed by atoms with Crippen LogP contribution in [-0.4, -0.2) is 22.7 Å². The molecule has 35 heavy (non-hydrogen) atoms. The van der Waals surface area contributed by atoms with Gasteiger partial charge in [0.25, 0.3) is 11.8 Å². The van der Waals surface area contributed by atoms with Crippen LogP contribution < -0.4 is 15.0 Å². The fourth-order valence-corrected chi connectivity index (χ4v) is 5.00. The first-order valence-corrected chi connectivity index (χ1v) is 12.7. The molecule has 1 N–H and O–H groups in total. The lowest BCUT2D eigenvalue weighted by atomic mass is 10.1. The van der Waals surface area contributed by atoms with E-state index < -0.39 is 0 Å². The normalized spacial score (nSPS) is 14.5. The Kier molecular flexibility index (Phi) is 8.13. The first-order valence-electron chi connectivity index (χ1n) is 10.7. The highest BCUT2D eigenvalue weighted by molar-refractivity contribution is 8.27. The number of thioether (sulfide) groups is 1. The number of anilines is 2. The standard InChI is InChI=1S/C26H20Cl2N2O3S2/c1-2-17-5-3-4-6-22(17)29-24(31)15-33-19-10-7-16(8-11-19)13-23-25(32)30(26(34)35-23)18-9-12-20(27)21(28)14-18/h3-14H,2,15H2,1H3,(H,29,31)/b23-13-. The second-order valence-electron chi connectivity index (χ2n) is 7.53. The van der Waals surface area contributed by atoms with Crippen LogP contribution in [0.4, 0.5) is 11.4 Å². The lowest BCUT2D eigenvalue weighted by Crippen LogP contribution is -2.27. The molecule has 0 spiro atoms. The van der Waals surface area contributed by atoms with E-state index in [-0.39, 0.29) is 18.4 Å². The molecule has 1 saturated heterocycles. The zero-order valence-corrected chi connectivity index (χ0v) is 21.7. The Labute approximate surface area is 223 Å². The fourth-order valence-electron chi connectivity index (χ4n) is 3.41. The Morgan fingerprint density at radius 2 is 1.83 bits per heavy atom. The zero-order valence-electron chi connectivity index (χ0n) is 18.6. The van der Waals surface area contributed by atoms with Crippen molar-refractivity contribution in [2.45, 2.75) is 13.3 Å². The minimum Gasteiger partial charge on any atom is -0.484 e. The number of nitrogens with one attached hydrogen (secondary N) is 1. The molecule has 4 rings (SSSR count). The van der Waals surface area contributed by atoms with Crippen LogP contribution >= 0.6 is 47.2 Å². The smallest absolute Gasteiger partial charge is 0.270 e. The number of amides is 2. The summed E-state index contributed by atoms with van der Waals surface area (Å²) in [6.45, 7) is 1.92. The maximum atomic E-state index is 13.0. The molecule has 0 aromatic heterocycles. The van der Waals surface area contributed by atoms with Crippen LogP contribution in [0.3, 0.4) is 0 Å². The van der Waals surface area contributed by atoms with Crippen LogP contribution in [0.1, 0.15) is 18.1 Å². The summed E-state index contributed by atoms with van der Waals surface area (Å²) in [6.07, 6.45) is 2.58. The van der Waals surface area contributed by atoms with Crippen molar-refractivity contribution < 1.29 is 14.3 Å². The maximum absolute atomic E-state index is 13.0. The van der Waals surface area contributed by atoms with E-state index in [0.29, 0.717) is 30.7 Å². The van der Waals surface area contributed by atoms with Crippen LogP contribution in [0.2, 0.25) is 10.0 Å². The molecule has 0 atom stereocenters. The molecule has 0 radical (unpaired) electrons. The number of ether oxygens (including phenoxy) is 1. The summed E-state index contributed by atoms with van der Waals surface area (Å²) in [5.41, 5.74) is 3.22. The Morgan fingerprint density at radius 1 is 1.09 bits per heavy atom. The molecule has 1 aliphatic rings. The molecule has 0 aliphatic carbocycles. The van der Waals surface area contributed by atoms with Crippen molar-refractivity contribution in [2.24, 2.45) is 0 Å². The molecule has 0 saturated carbocycles. The molecular formula is C26H20Cl2N2O3S2. The summed E-state index contributed by atoms with van der Waals surface area (Å²) in [7, 11) is 0. The summed E-state index contributed by atoms with van der Waals surface area (Å²) < 4.78 is 6.03. The Bertz CT molecular complexity index is 1330. The quantitative estimate of drug-likeness (QED) is 0.257. The predicted octanol–water partition coefficient (Wildman–Crippen LogP) is 6.98. The van der Waals surface area contributed by atoms with Gasteiger partial charge in [-0.2, -0.15) is 0 Å². The van der Waals surface area contributed by atoms with E-state index in [4.69, 9.17) is 40.2 Å². The van der Waals surface area contributed by atoms with Crippen molar-refractivity contribution in [1.29, 1.82) is 0 Å². The Morgan fingerprint density at radius 3 is 2.54 bits per heavy atom. The van der Waals surface area contributed by atoms with Crippen molar-refractivity contribution >= 4 is 80.8 Å². The topological polar surface area (TPSA) is 58.6 Å². The molecule has 1 fully saturated rings. The van der Waals surface area contributed by atoms with Crippen LogP contribution in [-0.2, 0) is 16.0 Å². The van der Waals surface area contributed by atoms with Gasteiger partial charge >= 0.3 is 0 Å². The molecule has 1 heterocycles. The van der Waals surface area contributed by atoms with Gasteiger partial charge in [-0.25, -0.2) is 0 Å². The summed E-state index contributed by atoms with van der Waals surface area (Å²) in [6, 6.07) is 19.7. The third kappa shape index (κ3) is 6.05. The SMILES string of the molecule is CCc1ccccc1NC(=O)COc1ccc(/C=C2\SC(=S)N(c3ccc(Cl)c(Cl)c3)C2=O)cc1. The number of aryl methyl sites for hydroxylation is 1. The average Bonchev–Trinajstić information content (AvgIpc) is 3.13. The number of thiocarbonyl (C=S) groups is 1. The monoisotopic (exact) mass is 542 g/mol. The summed E-state index contributed by atoms with van der Waals surface area (Å²) in [5, 5.41) is 3.63. The van der Waals surface area contributed by atoms with Gasteiger partial charge in [-0.15, -0.1) is 0 Å². The van der Waals surface area contributed by atoms with E-state index in [1.165, 1.54) is 16.7 Å². The van der Waals surface area contributed by atoms with Crippen molar-refractivity contribution in [3.63, 3.8) is 0 Å². The second kappa shape index (κ2) is 11.3. The zero-order chi connectivity index (χ0) is 24.9. The lowest BCUT2D eigenvalue weighted by molar-refractivity contribution is -0.118. The summed E-state index contributed by atoms with van der Waals surface area (Å²) in [5.74, 6) is 0.0770. The van der Waals surface area contributed by atoms with E-state index in [0.717, 1.165) is 23.2 Å². The third-order valence-electron chi connectivity index (χ3n) is 5.18. The van der Waals surface area contributed by atoms with E-state index in [9.17, 15) is 9.59 Å². The first-order chi connectivity index (χ1) is 16.9. The molecular weight excluding hydrogens is 523 g/mol. The number of hydrogen-bond acceptors (Lipinski definition) is 5. The van der Waals surface area contributed by atoms with Gasteiger partial charge in [-0.05, 0) is 60.0 Å². The minimum absolute atomic E-state index is 0.111. The van der Waals surface area contributed by atoms with Crippen LogP contribution in [0, 0.1) is 0 Å². The number of carbonyl (C=O) groups excluding carboxylic acids is 2. The van der Waals surface area contributed by atoms with Gasteiger partial charge in [0.05, 0.1) is 20.6 Å². The van der Waals surface area contributed by atoms with Gasteiger partial charge < -0.3 is 10.1 Å². The molecule has 3 aromatic rings. The van der Waals surface area contributed by atoms with E-state index in [1.807, 2.05) is 43.3 Å². The molecule has 0 unspecified atom stereocenters. The minimum atomic E-state index is -0.235. The molecule has 178 valence electrons. The second-order valence-corrected chi connectivity index (χ2v) is 10.0. The summed E-state index contributed by atoms with van der Waals surface area (Å²) in [4.78, 5) is 27.2. The lowest BCUT2D eigenvalue weighted by Gasteiger charge is -2.15. The first kappa shape index (κ1) is 25.3. The third-order valence-corrected chi connectivity index (χ3v) is 7.22. The van der Waals surface area contributed by atoms with Crippen LogP contribution in [0.15, 0.2) is 71.6 Å². The number of benzene rings is 3. The number of para-hydroxylation sites is 1. The number of rotatable bonds is 7. The van der Waals surface area contributed by atoms with Gasteiger partial charge in [-0.1, -0.05) is 84.4 Å². The molecule has 1 aliphatic heterocycles. The highest BCUT2D eigenvalue weighted by Crippen LogP contribution is 2.38. The van der Waals surface area contributed by atoms with E-state index >= 15 is 0 Å². The van der Waals surface area contributed by atoms with Gasteiger partial charge in [-0.3, -0.25) is 14.5 Å². The van der Waals surface area contributed by atoms with Gasteiger partial charge in [0.1, 0.15) is 5.75 Å². The van der Waals surface area contributed by atoms with E-state index in [2.05, 4.69) is 5.32 Å². The molecule has 0 bridgehead atoms.